The number of hydrogen-bond acceptors (Lipinski definition) is 5. The predicted molar refractivity (Wildman–Crippen MR) is 100 cm³/mol. The Balaban J connectivity index is 2.10. The van der Waals surface area contributed by atoms with Crippen molar-refractivity contribution in [3.8, 4) is 0 Å². The van der Waals surface area contributed by atoms with Gasteiger partial charge >= 0.3 is 0 Å². The van der Waals surface area contributed by atoms with Gasteiger partial charge in [-0.1, -0.05) is 6.07 Å². The summed E-state index contributed by atoms with van der Waals surface area (Å²) in [5.74, 6) is 0.641. The third-order valence-electron chi connectivity index (χ3n) is 4.39. The molecule has 2 rings (SSSR count). The summed E-state index contributed by atoms with van der Waals surface area (Å²) in [5.41, 5.74) is 0.366. The van der Waals surface area contributed by atoms with Crippen LogP contribution in [0.3, 0.4) is 0 Å². The van der Waals surface area contributed by atoms with Gasteiger partial charge in [-0.15, -0.1) is 0 Å². The number of thioether (sulfide) groups is 1. The normalized spacial score (nSPS) is 21.1. The summed E-state index contributed by atoms with van der Waals surface area (Å²) in [5, 5.41) is 9.53. The third-order valence-corrected chi connectivity index (χ3v) is 6.50. The Kier molecular flexibility index (Phi) is 7.30. The largest absolute Gasteiger partial charge is 0.393 e. The van der Waals surface area contributed by atoms with Gasteiger partial charge in [0.15, 0.2) is 0 Å². The summed E-state index contributed by atoms with van der Waals surface area (Å²) in [4.78, 5) is 14.1. The molecular weight excluding hydrogens is 360 g/mol. The second kappa shape index (κ2) is 9.02. The molecule has 0 radical (unpaired) electrons. The summed E-state index contributed by atoms with van der Waals surface area (Å²) >= 11 is 1.65. The molecular formula is C17H26N2O4S2. The number of rotatable bonds is 7. The lowest BCUT2D eigenvalue weighted by atomic mass is 9.94. The van der Waals surface area contributed by atoms with Crippen molar-refractivity contribution in [3.05, 3.63) is 29.8 Å². The second-order valence-electron chi connectivity index (χ2n) is 6.37. The number of amides is 1. The lowest BCUT2D eigenvalue weighted by Gasteiger charge is -2.26. The van der Waals surface area contributed by atoms with Crippen molar-refractivity contribution in [1.29, 1.82) is 0 Å². The average Bonchev–Trinajstić information content (AvgIpc) is 2.61. The van der Waals surface area contributed by atoms with Gasteiger partial charge in [0, 0.05) is 31.0 Å². The fourth-order valence-electron chi connectivity index (χ4n) is 2.83. The van der Waals surface area contributed by atoms with E-state index in [1.54, 1.807) is 35.8 Å². The fourth-order valence-corrected chi connectivity index (χ4v) is 4.63. The Labute approximate surface area is 154 Å². The molecule has 0 atom stereocenters. The fraction of sp³-hybridized carbons (Fsp3) is 0.588. The zero-order valence-electron chi connectivity index (χ0n) is 14.6. The van der Waals surface area contributed by atoms with Crippen LogP contribution >= 0.6 is 11.8 Å². The first-order valence-electron chi connectivity index (χ1n) is 8.38. The molecule has 0 heterocycles. The highest BCUT2D eigenvalue weighted by atomic mass is 32.2. The molecule has 2 N–H and O–H groups in total. The number of benzene rings is 1. The summed E-state index contributed by atoms with van der Waals surface area (Å²) in [6, 6.07) is 5.98. The maximum atomic E-state index is 12.6. The van der Waals surface area contributed by atoms with E-state index in [1.807, 2.05) is 6.26 Å². The highest BCUT2D eigenvalue weighted by Gasteiger charge is 2.25. The number of nitrogens with one attached hydrogen (secondary N) is 1. The van der Waals surface area contributed by atoms with Crippen molar-refractivity contribution in [2.75, 3.05) is 25.6 Å². The van der Waals surface area contributed by atoms with E-state index in [-0.39, 0.29) is 22.9 Å². The first-order valence-corrected chi connectivity index (χ1v) is 11.3. The Morgan fingerprint density at radius 1 is 1.32 bits per heavy atom. The molecule has 25 heavy (non-hydrogen) atoms. The molecule has 0 bridgehead atoms. The highest BCUT2D eigenvalue weighted by molar-refractivity contribution is 7.98. The van der Waals surface area contributed by atoms with Crippen molar-refractivity contribution in [2.24, 2.45) is 0 Å². The SMILES string of the molecule is CSCCN(C)C(=O)c1cccc(S(=O)(=O)NC2CCC(O)CC2)c1. The number of hydrogen-bond donors (Lipinski definition) is 2. The number of sulfonamides is 1. The van der Waals surface area contributed by atoms with E-state index in [0.717, 1.165) is 5.75 Å². The first kappa shape index (κ1) is 20.2. The number of nitrogens with zero attached hydrogens (tertiary/aromatic N) is 1. The van der Waals surface area contributed by atoms with Gasteiger partial charge in [-0.05, 0) is 50.1 Å². The van der Waals surface area contributed by atoms with Gasteiger partial charge in [-0.3, -0.25) is 4.79 Å². The van der Waals surface area contributed by atoms with Gasteiger partial charge in [0.05, 0.1) is 11.0 Å². The van der Waals surface area contributed by atoms with E-state index in [9.17, 15) is 18.3 Å². The van der Waals surface area contributed by atoms with Gasteiger partial charge in [0.25, 0.3) is 5.91 Å². The summed E-state index contributed by atoms with van der Waals surface area (Å²) in [6.07, 6.45) is 4.09. The van der Waals surface area contributed by atoms with Crippen molar-refractivity contribution < 1.29 is 18.3 Å². The summed E-state index contributed by atoms with van der Waals surface area (Å²) in [6.45, 7) is 0.611. The smallest absolute Gasteiger partial charge is 0.253 e. The number of carbonyl (C=O) groups excluding carboxylic acids is 1. The minimum absolute atomic E-state index is 0.0998. The second-order valence-corrected chi connectivity index (χ2v) is 9.07. The summed E-state index contributed by atoms with van der Waals surface area (Å²) < 4.78 is 27.9. The van der Waals surface area contributed by atoms with E-state index in [0.29, 0.717) is 37.8 Å². The standard InChI is InChI=1S/C17H26N2O4S2/c1-19(10-11-24-2)17(21)13-4-3-5-16(12-13)25(22,23)18-14-6-8-15(20)9-7-14/h3-5,12,14-15,18,20H,6-11H2,1-2H3. The molecule has 1 aliphatic carbocycles. The van der Waals surface area contributed by atoms with Crippen LogP contribution in [0.4, 0.5) is 0 Å². The van der Waals surface area contributed by atoms with Crippen LogP contribution in [0.1, 0.15) is 36.0 Å². The predicted octanol–water partition coefficient (Wildman–Crippen LogP) is 1.70. The molecule has 1 amide bonds. The van der Waals surface area contributed by atoms with Gasteiger partial charge in [0.1, 0.15) is 0 Å². The molecule has 6 nitrogen and oxygen atoms in total. The Morgan fingerprint density at radius 2 is 2.00 bits per heavy atom. The number of aliphatic hydroxyl groups excluding tert-OH is 1. The van der Waals surface area contributed by atoms with Gasteiger partial charge in [0.2, 0.25) is 10.0 Å². The van der Waals surface area contributed by atoms with Crippen LogP contribution in [0.5, 0.6) is 0 Å². The van der Waals surface area contributed by atoms with E-state index < -0.39 is 10.0 Å². The highest BCUT2D eigenvalue weighted by Crippen LogP contribution is 2.21. The molecule has 0 aliphatic heterocycles. The molecule has 8 heteroatoms. The van der Waals surface area contributed by atoms with Gasteiger partial charge in [-0.25, -0.2) is 13.1 Å². The maximum Gasteiger partial charge on any atom is 0.253 e. The molecule has 1 aliphatic rings. The topological polar surface area (TPSA) is 86.7 Å². The van der Waals surface area contributed by atoms with Crippen LogP contribution in [0.25, 0.3) is 0 Å². The van der Waals surface area contributed by atoms with E-state index in [2.05, 4.69) is 4.72 Å². The monoisotopic (exact) mass is 386 g/mol. The molecule has 0 spiro atoms. The minimum Gasteiger partial charge on any atom is -0.393 e. The lowest BCUT2D eigenvalue weighted by molar-refractivity contribution is 0.0803. The van der Waals surface area contributed by atoms with E-state index in [1.165, 1.54) is 12.1 Å². The molecule has 1 saturated carbocycles. The maximum absolute atomic E-state index is 12.6. The first-order chi connectivity index (χ1) is 11.8. The average molecular weight is 387 g/mol. The molecule has 0 saturated heterocycles. The number of carbonyl (C=O) groups is 1. The van der Waals surface area contributed by atoms with Crippen molar-refractivity contribution >= 4 is 27.7 Å². The zero-order valence-corrected chi connectivity index (χ0v) is 16.3. The van der Waals surface area contributed by atoms with Crippen LogP contribution in [0.2, 0.25) is 0 Å². The zero-order chi connectivity index (χ0) is 18.4. The number of aliphatic hydroxyl groups is 1. The molecule has 0 unspecified atom stereocenters. The van der Waals surface area contributed by atoms with Crippen LogP contribution in [-0.2, 0) is 10.0 Å². The van der Waals surface area contributed by atoms with E-state index >= 15 is 0 Å². The third kappa shape index (κ3) is 5.70. The van der Waals surface area contributed by atoms with Crippen molar-refractivity contribution in [2.45, 2.75) is 42.7 Å². The van der Waals surface area contributed by atoms with Crippen LogP contribution in [-0.4, -0.2) is 62.1 Å². The van der Waals surface area contributed by atoms with Crippen LogP contribution in [0.15, 0.2) is 29.2 Å². The van der Waals surface area contributed by atoms with Gasteiger partial charge in [-0.2, -0.15) is 11.8 Å². The minimum atomic E-state index is -3.68. The molecule has 140 valence electrons. The molecule has 0 aromatic heterocycles. The van der Waals surface area contributed by atoms with Crippen LogP contribution < -0.4 is 4.72 Å². The molecule has 1 fully saturated rings. The Morgan fingerprint density at radius 3 is 2.64 bits per heavy atom. The molecule has 1 aromatic rings. The summed E-state index contributed by atoms with van der Waals surface area (Å²) in [7, 11) is -1.97. The quantitative estimate of drug-likeness (QED) is 0.745. The van der Waals surface area contributed by atoms with Gasteiger partial charge < -0.3 is 10.0 Å². The van der Waals surface area contributed by atoms with E-state index in [4.69, 9.17) is 0 Å². The Bertz CT molecular complexity index is 686. The van der Waals surface area contributed by atoms with Crippen LogP contribution in [0, 0.1) is 0 Å². The lowest BCUT2D eigenvalue weighted by Crippen LogP contribution is -2.38. The van der Waals surface area contributed by atoms with Crippen molar-refractivity contribution in [1.82, 2.24) is 9.62 Å². The molecule has 1 aromatic carbocycles. The van der Waals surface area contributed by atoms with Crippen molar-refractivity contribution in [3.63, 3.8) is 0 Å². The Hall–Kier alpha value is -1.09.